The zero-order valence-corrected chi connectivity index (χ0v) is 21.3. The smallest absolute Gasteiger partial charge is 0.292 e. The predicted molar refractivity (Wildman–Crippen MR) is 145 cm³/mol. The molecular weight excluding hydrogens is 529 g/mol. The first kappa shape index (κ1) is 26.7. The molecule has 2 heterocycles. The minimum atomic E-state index is -0.854. The molecule has 4 aromatic rings. The van der Waals surface area contributed by atoms with Gasteiger partial charge in [0.25, 0.3) is 5.91 Å². The lowest BCUT2D eigenvalue weighted by Gasteiger charge is -2.15. The highest BCUT2D eigenvalue weighted by Crippen LogP contribution is 2.38. The molecule has 192 valence electrons. The van der Waals surface area contributed by atoms with E-state index in [4.69, 9.17) is 21.8 Å². The van der Waals surface area contributed by atoms with Crippen LogP contribution in [-0.2, 0) is 4.79 Å². The lowest BCUT2D eigenvalue weighted by molar-refractivity contribution is -0.118. The van der Waals surface area contributed by atoms with Crippen LogP contribution in [-0.4, -0.2) is 27.4 Å². The molecule has 1 aliphatic carbocycles. The van der Waals surface area contributed by atoms with Gasteiger partial charge in [0.05, 0.1) is 17.5 Å². The van der Waals surface area contributed by atoms with Crippen molar-refractivity contribution in [3.8, 4) is 34.2 Å². The monoisotopic (exact) mass is 549 g/mol. The van der Waals surface area contributed by atoms with Crippen molar-refractivity contribution in [1.29, 1.82) is 5.26 Å². The summed E-state index contributed by atoms with van der Waals surface area (Å²) in [6.07, 6.45) is 2.59. The number of nitrogens with one attached hydrogen (secondary N) is 2. The van der Waals surface area contributed by atoms with Crippen LogP contribution in [0.1, 0.15) is 29.0 Å². The minimum absolute atomic E-state index is 0. The van der Waals surface area contributed by atoms with E-state index in [2.05, 4.69) is 21.7 Å². The zero-order chi connectivity index (χ0) is 26.2. The van der Waals surface area contributed by atoms with Crippen LogP contribution < -0.4 is 16.4 Å². The summed E-state index contributed by atoms with van der Waals surface area (Å²) in [6.45, 7) is 0. The molecule has 38 heavy (non-hydrogen) atoms. The molecule has 0 spiro atoms. The van der Waals surface area contributed by atoms with Gasteiger partial charge in [0.1, 0.15) is 17.4 Å². The summed E-state index contributed by atoms with van der Waals surface area (Å²) >= 11 is 6.00. The molecule has 5 rings (SSSR count). The van der Waals surface area contributed by atoms with Gasteiger partial charge >= 0.3 is 0 Å². The van der Waals surface area contributed by atoms with E-state index >= 15 is 0 Å². The molecule has 9 nitrogen and oxygen atoms in total. The van der Waals surface area contributed by atoms with E-state index in [9.17, 15) is 20.0 Å². The Kier molecular flexibility index (Phi) is 7.41. The number of anilines is 2. The summed E-state index contributed by atoms with van der Waals surface area (Å²) in [5.41, 5.74) is 7.34. The number of halogens is 2. The molecule has 11 heteroatoms. The van der Waals surface area contributed by atoms with Gasteiger partial charge < -0.3 is 25.9 Å². The van der Waals surface area contributed by atoms with Crippen molar-refractivity contribution >= 4 is 47.3 Å². The van der Waals surface area contributed by atoms with E-state index in [1.807, 2.05) is 0 Å². The number of nitrogens with zero attached hydrogens (tertiary/aromatic N) is 2. The summed E-state index contributed by atoms with van der Waals surface area (Å²) in [5, 5.41) is 26.4. The molecule has 2 aromatic heterocycles. The van der Waals surface area contributed by atoms with Gasteiger partial charge in [-0.3, -0.25) is 9.59 Å². The normalized spacial score (nSPS) is 13.1. The first-order chi connectivity index (χ1) is 17.8. The number of pyridine rings is 1. The van der Waals surface area contributed by atoms with Gasteiger partial charge in [0.15, 0.2) is 11.6 Å². The van der Waals surface area contributed by atoms with Gasteiger partial charge in [-0.1, -0.05) is 23.7 Å². The molecule has 0 radical (unpaired) electrons. The zero-order valence-electron chi connectivity index (χ0n) is 19.7. The third-order valence-corrected chi connectivity index (χ3v) is 6.25. The minimum Gasteiger partial charge on any atom is -0.507 e. The fraction of sp³-hybridized carbons (Fsp3) is 0.111. The van der Waals surface area contributed by atoms with Crippen LogP contribution in [0, 0.1) is 11.3 Å². The Balaban J connectivity index is 0.00000336. The third kappa shape index (κ3) is 5.33. The van der Waals surface area contributed by atoms with Crippen molar-refractivity contribution in [1.82, 2.24) is 4.98 Å². The number of nitrogens with two attached hydrogens (primary N) is 1. The lowest BCUT2D eigenvalue weighted by atomic mass is 9.97. The van der Waals surface area contributed by atoms with Crippen molar-refractivity contribution < 1.29 is 19.1 Å². The Morgan fingerprint density at radius 2 is 1.87 bits per heavy atom. The first-order valence-corrected chi connectivity index (χ1v) is 11.6. The topological polar surface area (TPSA) is 154 Å². The van der Waals surface area contributed by atoms with Gasteiger partial charge in [-0.15, -0.1) is 12.4 Å². The Bertz CT molecular complexity index is 1580. The standard InChI is InChI=1S/C27H20ClN5O4.ClH/c28-16-6-7-18(22(34)12-16)21-13-19(15-3-1-4-17(11-15)31-26(36)27(30)8-9-27)20(14-29)24(32-21)33-25(35)23-5-2-10-37-23;/h1-7,10-13,34H,8-9,30H2,(H,31,36)(H,32,33,35);1H. The van der Waals surface area contributed by atoms with Crippen molar-refractivity contribution in [2.75, 3.05) is 10.6 Å². The van der Waals surface area contributed by atoms with Crippen LogP contribution in [0.3, 0.4) is 0 Å². The number of hydrogen-bond acceptors (Lipinski definition) is 7. The molecule has 0 atom stereocenters. The number of hydrogen-bond donors (Lipinski definition) is 4. The molecule has 0 unspecified atom stereocenters. The molecule has 0 aliphatic heterocycles. The number of aromatic nitrogens is 1. The molecular formula is C27H21Cl2N5O4. The Hall–Kier alpha value is -4.36. The van der Waals surface area contributed by atoms with Crippen LogP contribution in [0.25, 0.3) is 22.4 Å². The molecule has 5 N–H and O–H groups in total. The van der Waals surface area contributed by atoms with Crippen molar-refractivity contribution in [3.05, 3.63) is 83.3 Å². The maximum atomic E-state index is 12.7. The highest BCUT2D eigenvalue weighted by molar-refractivity contribution is 6.30. The Labute approximate surface area is 228 Å². The quantitative estimate of drug-likeness (QED) is 0.253. The summed E-state index contributed by atoms with van der Waals surface area (Å²) in [5.74, 6) is -1.00. The van der Waals surface area contributed by atoms with Crippen molar-refractivity contribution in [2.45, 2.75) is 18.4 Å². The second-order valence-corrected chi connectivity index (χ2v) is 9.11. The van der Waals surface area contributed by atoms with Crippen LogP contribution in [0.4, 0.5) is 11.5 Å². The number of nitriles is 1. The third-order valence-electron chi connectivity index (χ3n) is 6.02. The highest BCUT2D eigenvalue weighted by atomic mass is 35.5. The van der Waals surface area contributed by atoms with Gasteiger partial charge in [-0.2, -0.15) is 5.26 Å². The number of carbonyl (C=O) groups excluding carboxylic acids is 2. The van der Waals surface area contributed by atoms with Crippen LogP contribution in [0.5, 0.6) is 5.75 Å². The number of benzene rings is 2. The largest absolute Gasteiger partial charge is 0.507 e. The van der Waals surface area contributed by atoms with Crippen molar-refractivity contribution in [2.24, 2.45) is 5.73 Å². The number of aromatic hydroxyl groups is 1. The van der Waals surface area contributed by atoms with Crippen molar-refractivity contribution in [3.63, 3.8) is 0 Å². The summed E-state index contributed by atoms with van der Waals surface area (Å²) in [4.78, 5) is 29.7. The SMILES string of the molecule is Cl.N#Cc1c(-c2cccc(NC(=O)C3(N)CC3)c2)cc(-c2ccc(Cl)cc2O)nc1NC(=O)c1ccco1. The molecule has 1 fully saturated rings. The van der Waals surface area contributed by atoms with Gasteiger partial charge in [-0.25, -0.2) is 4.98 Å². The summed E-state index contributed by atoms with van der Waals surface area (Å²) < 4.78 is 5.16. The van der Waals surface area contributed by atoms with Crippen LogP contribution in [0.2, 0.25) is 5.02 Å². The molecule has 0 bridgehead atoms. The number of phenolic OH excluding ortho intramolecular Hbond substituents is 1. The molecule has 0 saturated heterocycles. The Morgan fingerprint density at radius 3 is 2.53 bits per heavy atom. The van der Waals surface area contributed by atoms with Crippen LogP contribution >= 0.6 is 24.0 Å². The summed E-state index contributed by atoms with van der Waals surface area (Å²) in [7, 11) is 0. The number of rotatable bonds is 6. The average Bonchev–Trinajstić information content (AvgIpc) is 3.39. The van der Waals surface area contributed by atoms with Gasteiger partial charge in [0.2, 0.25) is 5.91 Å². The second kappa shape index (κ2) is 10.6. The molecule has 1 saturated carbocycles. The second-order valence-electron chi connectivity index (χ2n) is 8.67. The molecule has 2 aromatic carbocycles. The number of phenols is 1. The average molecular weight is 550 g/mol. The number of furan rings is 1. The van der Waals surface area contributed by atoms with E-state index in [0.29, 0.717) is 40.2 Å². The van der Waals surface area contributed by atoms with Gasteiger partial charge in [-0.05, 0) is 66.9 Å². The first-order valence-electron chi connectivity index (χ1n) is 11.3. The summed E-state index contributed by atoms with van der Waals surface area (Å²) in [6, 6.07) is 18.2. The lowest BCUT2D eigenvalue weighted by Crippen LogP contribution is -2.37. The van der Waals surface area contributed by atoms with E-state index < -0.39 is 11.4 Å². The maximum absolute atomic E-state index is 12.7. The van der Waals surface area contributed by atoms with E-state index in [-0.39, 0.29) is 46.9 Å². The fourth-order valence-electron chi connectivity index (χ4n) is 3.79. The van der Waals surface area contributed by atoms with E-state index in [1.165, 1.54) is 18.4 Å². The number of carbonyl (C=O) groups is 2. The number of amides is 2. The highest BCUT2D eigenvalue weighted by Gasteiger charge is 2.45. The van der Waals surface area contributed by atoms with E-state index in [0.717, 1.165) is 0 Å². The van der Waals surface area contributed by atoms with Crippen LogP contribution in [0.15, 0.2) is 71.3 Å². The predicted octanol–water partition coefficient (Wildman–Crippen LogP) is 5.34. The molecule has 1 aliphatic rings. The van der Waals surface area contributed by atoms with E-state index in [1.54, 1.807) is 48.5 Å². The maximum Gasteiger partial charge on any atom is 0.292 e. The Morgan fingerprint density at radius 1 is 1.08 bits per heavy atom. The molecule has 2 amide bonds. The van der Waals surface area contributed by atoms with Gasteiger partial charge in [0, 0.05) is 21.8 Å². The fourth-order valence-corrected chi connectivity index (χ4v) is 3.96.